The van der Waals surface area contributed by atoms with Crippen LogP contribution in [0, 0.1) is 5.92 Å². The minimum absolute atomic E-state index is 0.113. The van der Waals surface area contributed by atoms with Gasteiger partial charge in [0, 0.05) is 0 Å². The van der Waals surface area contributed by atoms with Crippen LogP contribution in [0.2, 0.25) is 0 Å². The summed E-state index contributed by atoms with van der Waals surface area (Å²) in [5, 5.41) is 9.77. The summed E-state index contributed by atoms with van der Waals surface area (Å²) in [6, 6.07) is -0.576. The molecule has 1 aliphatic rings. The third-order valence-corrected chi connectivity index (χ3v) is 6.74. The summed E-state index contributed by atoms with van der Waals surface area (Å²) >= 11 is 2.07. The Labute approximate surface area is 119 Å². The van der Waals surface area contributed by atoms with Gasteiger partial charge in [-0.1, -0.05) is 0 Å². The van der Waals surface area contributed by atoms with E-state index in [9.17, 15) is 14.6 Å². The van der Waals surface area contributed by atoms with E-state index in [4.69, 9.17) is 26.9 Å². The van der Waals surface area contributed by atoms with Crippen molar-refractivity contribution in [3.05, 3.63) is 0 Å². The third-order valence-electron chi connectivity index (χ3n) is 2.64. The van der Waals surface area contributed by atoms with E-state index in [1.165, 1.54) is 0 Å². The molecule has 0 aliphatic carbocycles. The van der Waals surface area contributed by atoms with Crippen LogP contribution in [0.3, 0.4) is 0 Å². The van der Waals surface area contributed by atoms with Gasteiger partial charge in [-0.3, -0.25) is 0 Å². The van der Waals surface area contributed by atoms with Gasteiger partial charge in [-0.2, -0.15) is 0 Å². The van der Waals surface area contributed by atoms with Gasteiger partial charge in [-0.15, -0.1) is 0 Å². The van der Waals surface area contributed by atoms with Crippen LogP contribution in [0.25, 0.3) is 0 Å². The molecule has 19 heavy (non-hydrogen) atoms. The van der Waals surface area contributed by atoms with Gasteiger partial charge in [0.05, 0.1) is 0 Å². The van der Waals surface area contributed by atoms with Gasteiger partial charge in [-0.25, -0.2) is 0 Å². The molecule has 4 N–H and O–H groups in total. The van der Waals surface area contributed by atoms with Crippen LogP contribution in [-0.4, -0.2) is 67.5 Å². The molecule has 0 spiro atoms. The van der Waals surface area contributed by atoms with Gasteiger partial charge >= 0.3 is 119 Å². The summed E-state index contributed by atoms with van der Waals surface area (Å²) in [5.74, 6) is -0.224. The topological polar surface area (TPSA) is 126 Å². The first kappa shape index (κ1) is 18.0. The zero-order valence-corrected chi connectivity index (χ0v) is 13.5. The summed E-state index contributed by atoms with van der Waals surface area (Å²) in [5.41, 5.74) is 0. The van der Waals surface area contributed by atoms with Crippen molar-refractivity contribution in [1.29, 1.82) is 0 Å². The van der Waals surface area contributed by atoms with E-state index in [1.54, 1.807) is 6.92 Å². The second-order valence-electron chi connectivity index (χ2n) is 4.15. The molecular weight excluding hydrogens is 364 g/mol. The Bertz CT molecular complexity index is 403. The van der Waals surface area contributed by atoms with E-state index < -0.39 is 32.2 Å². The molecule has 12 heteroatoms. The monoisotopic (exact) mass is 380 g/mol. The number of aliphatic hydroxyl groups excluding tert-OH is 1. The molecule has 2 radical (unpaired) electrons. The Morgan fingerprint density at radius 3 is 2.42 bits per heavy atom. The Balaban J connectivity index is 2.39. The van der Waals surface area contributed by atoms with Crippen molar-refractivity contribution in [3.63, 3.8) is 0 Å². The fourth-order valence-corrected chi connectivity index (χ4v) is 5.33. The van der Waals surface area contributed by atoms with E-state index in [0.717, 1.165) is 0 Å². The Morgan fingerprint density at radius 2 is 2.00 bits per heavy atom. The number of phosphoric acid groups is 1. The van der Waals surface area contributed by atoms with Gasteiger partial charge in [0.15, 0.2) is 0 Å². The number of hydrogen-bond donors (Lipinski definition) is 4. The normalized spacial score (nSPS) is 35.2. The van der Waals surface area contributed by atoms with Crippen molar-refractivity contribution in [2.24, 2.45) is 5.92 Å². The predicted molar refractivity (Wildman–Crippen MR) is 68.2 cm³/mol. The van der Waals surface area contributed by atoms with E-state index in [2.05, 4.69) is 19.4 Å². The maximum atomic E-state index is 10.6. The third kappa shape index (κ3) is 6.08. The Hall–Kier alpha value is 0.964. The van der Waals surface area contributed by atoms with Crippen molar-refractivity contribution in [2.45, 2.75) is 31.6 Å². The predicted octanol–water partition coefficient (Wildman–Crippen LogP) is -0.769. The standard InChI is InChI=1S/C7H15BO8P2Se/c1-4-6(9)5(15-7(4)8)2-3-14-18(13,19)16-17(10,11)12/h4-7,9H,2-3H2,1H3,(H,13,19)(H2,10,11,12)/t4-,5-,6+,7-,18?/m1/s1. The van der Waals surface area contributed by atoms with Crippen LogP contribution < -0.4 is 0 Å². The number of aliphatic hydroxyl groups is 1. The Kier molecular flexibility index (Phi) is 6.46. The van der Waals surface area contributed by atoms with Crippen molar-refractivity contribution >= 4 is 37.0 Å². The molecule has 0 aromatic heterocycles. The summed E-state index contributed by atoms with van der Waals surface area (Å²) in [6.45, 7) is 1.63. The van der Waals surface area contributed by atoms with Crippen LogP contribution in [0.1, 0.15) is 13.3 Å². The quantitative estimate of drug-likeness (QED) is 0.351. The Morgan fingerprint density at radius 1 is 1.42 bits per heavy atom. The molecule has 0 bridgehead atoms. The van der Waals surface area contributed by atoms with Crippen LogP contribution in [-0.2, 0) is 18.1 Å². The number of rotatable bonds is 6. The average molecular weight is 379 g/mol. The van der Waals surface area contributed by atoms with Crippen LogP contribution in [0.4, 0.5) is 0 Å². The second kappa shape index (κ2) is 6.82. The second-order valence-corrected chi connectivity index (χ2v) is 9.89. The maximum absolute atomic E-state index is 10.6. The fraction of sp³-hybridized carbons (Fsp3) is 1.00. The summed E-state index contributed by atoms with van der Waals surface area (Å²) in [4.78, 5) is 26.6. The fourth-order valence-electron chi connectivity index (χ4n) is 1.62. The van der Waals surface area contributed by atoms with E-state index in [0.29, 0.717) is 0 Å². The first-order valence-corrected chi connectivity index (χ1v) is 10.7. The molecule has 5 atom stereocenters. The van der Waals surface area contributed by atoms with Crippen molar-refractivity contribution < 1.29 is 37.9 Å². The van der Waals surface area contributed by atoms with Gasteiger partial charge in [0.1, 0.15) is 0 Å². The van der Waals surface area contributed by atoms with Gasteiger partial charge in [-0.05, 0) is 0 Å². The first-order valence-electron chi connectivity index (χ1n) is 5.35. The van der Waals surface area contributed by atoms with Gasteiger partial charge < -0.3 is 0 Å². The summed E-state index contributed by atoms with van der Waals surface area (Å²) < 4.78 is 24.8. The zero-order valence-electron chi connectivity index (χ0n) is 10.0. The molecule has 0 saturated carbocycles. The molecular formula is C7H15BO8P2Se. The van der Waals surface area contributed by atoms with Crippen molar-refractivity contribution in [1.82, 2.24) is 0 Å². The van der Waals surface area contributed by atoms with E-state index >= 15 is 0 Å². The molecule has 8 nitrogen and oxygen atoms in total. The zero-order chi connectivity index (χ0) is 14.8. The van der Waals surface area contributed by atoms with Crippen LogP contribution >= 0.6 is 14.0 Å². The average Bonchev–Trinajstić information content (AvgIpc) is 2.42. The molecule has 0 aromatic rings. The first-order chi connectivity index (χ1) is 8.52. The molecule has 1 heterocycles. The molecule has 1 rings (SSSR count). The SMILES string of the molecule is [B][C@@H]1O[C@H](CCOP(O)(=[Se])OP(=O)(O)O)[C@@H](O)[C@H]1C. The van der Waals surface area contributed by atoms with Crippen molar-refractivity contribution in [3.8, 4) is 0 Å². The molecule has 1 saturated heterocycles. The number of hydrogen-bond acceptors (Lipinski definition) is 6. The summed E-state index contributed by atoms with van der Waals surface area (Å²) in [6.07, 6.45) is -4.84. The number of ether oxygens (including phenoxy) is 1. The molecule has 1 aliphatic heterocycles. The van der Waals surface area contributed by atoms with Gasteiger partial charge in [0.25, 0.3) is 0 Å². The van der Waals surface area contributed by atoms with Crippen molar-refractivity contribution in [2.75, 3.05) is 6.61 Å². The van der Waals surface area contributed by atoms with E-state index in [1.807, 2.05) is 0 Å². The van der Waals surface area contributed by atoms with E-state index in [-0.39, 0.29) is 18.9 Å². The van der Waals surface area contributed by atoms with Crippen LogP contribution in [0.5, 0.6) is 0 Å². The molecule has 0 aromatic carbocycles. The van der Waals surface area contributed by atoms with Crippen LogP contribution in [0.15, 0.2) is 0 Å². The van der Waals surface area contributed by atoms with Gasteiger partial charge in [0.2, 0.25) is 0 Å². The molecule has 1 unspecified atom stereocenters. The minimum atomic E-state index is -4.84. The summed E-state index contributed by atoms with van der Waals surface area (Å²) in [7, 11) is 0.758. The molecule has 0 amide bonds. The molecule has 1 fully saturated rings. The molecule has 110 valence electrons.